The molecule has 0 aliphatic carbocycles. The maximum absolute atomic E-state index is 10.5. The molecule has 3 rings (SSSR count). The average molecular weight is 281 g/mol. The van der Waals surface area contributed by atoms with E-state index in [4.69, 9.17) is 0 Å². The largest absolute Gasteiger partial charge is 0.507 e. The molecule has 21 heavy (non-hydrogen) atoms. The van der Waals surface area contributed by atoms with Crippen LogP contribution in [0.1, 0.15) is 37.3 Å². The molecule has 0 amide bonds. The van der Waals surface area contributed by atoms with Gasteiger partial charge in [0.1, 0.15) is 11.6 Å². The van der Waals surface area contributed by atoms with Gasteiger partial charge in [-0.1, -0.05) is 36.4 Å². The van der Waals surface area contributed by atoms with Crippen molar-refractivity contribution in [1.82, 2.24) is 15.3 Å². The van der Waals surface area contributed by atoms with Crippen LogP contribution in [0, 0.1) is 0 Å². The molecule has 0 spiro atoms. The number of aromatic amines is 1. The summed E-state index contributed by atoms with van der Waals surface area (Å²) in [4.78, 5) is 7.36. The van der Waals surface area contributed by atoms with Crippen molar-refractivity contribution in [2.45, 2.75) is 25.9 Å². The molecule has 2 aromatic carbocycles. The lowest BCUT2D eigenvalue weighted by atomic mass is 10.0. The maximum Gasteiger partial charge on any atom is 0.128 e. The molecule has 108 valence electrons. The van der Waals surface area contributed by atoms with Crippen molar-refractivity contribution in [3.63, 3.8) is 0 Å². The number of imidazole rings is 1. The highest BCUT2D eigenvalue weighted by atomic mass is 16.3. The lowest BCUT2D eigenvalue weighted by Gasteiger charge is -2.20. The number of nitrogens with one attached hydrogen (secondary N) is 2. The van der Waals surface area contributed by atoms with Gasteiger partial charge in [0.25, 0.3) is 0 Å². The Hall–Kier alpha value is -2.33. The summed E-state index contributed by atoms with van der Waals surface area (Å²) in [5, 5.41) is 15.9. The van der Waals surface area contributed by atoms with E-state index in [1.54, 1.807) is 6.20 Å². The third kappa shape index (κ3) is 2.62. The van der Waals surface area contributed by atoms with E-state index >= 15 is 0 Å². The van der Waals surface area contributed by atoms with Crippen LogP contribution in [0.2, 0.25) is 0 Å². The third-order valence-electron chi connectivity index (χ3n) is 3.83. The maximum atomic E-state index is 10.5. The van der Waals surface area contributed by atoms with Gasteiger partial charge < -0.3 is 15.4 Å². The summed E-state index contributed by atoms with van der Waals surface area (Å²) in [5.74, 6) is 1.24. The van der Waals surface area contributed by atoms with Gasteiger partial charge in [-0.25, -0.2) is 4.98 Å². The molecule has 0 radical (unpaired) electrons. The standard InChI is InChI=1S/C17H19N3O/c1-11(20-12(2)17-18-9-10-19-17)14-8-7-13-5-3-4-6-15(13)16(14)21/h3-12,20-21H,1-2H3,(H,18,19). The zero-order chi connectivity index (χ0) is 14.8. The van der Waals surface area contributed by atoms with Gasteiger partial charge in [-0.15, -0.1) is 0 Å². The molecule has 3 N–H and O–H groups in total. The minimum atomic E-state index is 0.0229. The van der Waals surface area contributed by atoms with E-state index in [1.165, 1.54) is 0 Å². The van der Waals surface area contributed by atoms with Crippen LogP contribution < -0.4 is 5.32 Å². The van der Waals surface area contributed by atoms with Crippen molar-refractivity contribution in [3.8, 4) is 5.75 Å². The van der Waals surface area contributed by atoms with Gasteiger partial charge in [0.2, 0.25) is 0 Å². The van der Waals surface area contributed by atoms with Gasteiger partial charge in [0.05, 0.1) is 6.04 Å². The van der Waals surface area contributed by atoms with Gasteiger partial charge >= 0.3 is 0 Å². The average Bonchev–Trinajstić information content (AvgIpc) is 3.02. The van der Waals surface area contributed by atoms with Crippen LogP contribution in [0.25, 0.3) is 10.8 Å². The predicted octanol–water partition coefficient (Wildman–Crippen LogP) is 3.68. The Morgan fingerprint density at radius 3 is 2.67 bits per heavy atom. The molecular weight excluding hydrogens is 262 g/mol. The molecule has 0 fully saturated rings. The Morgan fingerprint density at radius 1 is 1.10 bits per heavy atom. The third-order valence-corrected chi connectivity index (χ3v) is 3.83. The monoisotopic (exact) mass is 281 g/mol. The number of hydrogen-bond donors (Lipinski definition) is 3. The van der Waals surface area contributed by atoms with Crippen LogP contribution in [0.15, 0.2) is 48.8 Å². The van der Waals surface area contributed by atoms with Gasteiger partial charge in [-0.2, -0.15) is 0 Å². The number of hydrogen-bond acceptors (Lipinski definition) is 3. The Morgan fingerprint density at radius 2 is 1.90 bits per heavy atom. The number of aromatic nitrogens is 2. The van der Waals surface area contributed by atoms with E-state index in [-0.39, 0.29) is 12.1 Å². The number of H-pyrrole nitrogens is 1. The lowest BCUT2D eigenvalue weighted by molar-refractivity contribution is 0.438. The molecule has 0 saturated carbocycles. The van der Waals surface area contributed by atoms with Crippen molar-refractivity contribution < 1.29 is 5.11 Å². The highest BCUT2D eigenvalue weighted by Crippen LogP contribution is 2.33. The molecule has 1 heterocycles. The molecule has 2 unspecified atom stereocenters. The minimum Gasteiger partial charge on any atom is -0.507 e. The smallest absolute Gasteiger partial charge is 0.128 e. The van der Waals surface area contributed by atoms with E-state index in [2.05, 4.69) is 15.3 Å². The summed E-state index contributed by atoms with van der Waals surface area (Å²) in [7, 11) is 0. The molecule has 2 atom stereocenters. The zero-order valence-corrected chi connectivity index (χ0v) is 12.2. The number of fused-ring (bicyclic) bond motifs is 1. The fraction of sp³-hybridized carbons (Fsp3) is 0.235. The highest BCUT2D eigenvalue weighted by Gasteiger charge is 2.16. The fourth-order valence-corrected chi connectivity index (χ4v) is 2.68. The Labute approximate surface area is 123 Å². The Balaban J connectivity index is 1.87. The van der Waals surface area contributed by atoms with Crippen molar-refractivity contribution in [1.29, 1.82) is 0 Å². The Bertz CT molecular complexity index is 737. The number of phenols is 1. The Kier molecular flexibility index (Phi) is 3.62. The molecule has 1 aromatic heterocycles. The predicted molar refractivity (Wildman–Crippen MR) is 84.2 cm³/mol. The molecule has 4 heteroatoms. The van der Waals surface area contributed by atoms with Crippen molar-refractivity contribution in [2.75, 3.05) is 0 Å². The minimum absolute atomic E-state index is 0.0229. The lowest BCUT2D eigenvalue weighted by Crippen LogP contribution is -2.23. The van der Waals surface area contributed by atoms with Gasteiger partial charge in [0.15, 0.2) is 0 Å². The SMILES string of the molecule is CC(NC(C)c1ccc2ccccc2c1O)c1ncc[nH]1. The van der Waals surface area contributed by atoms with E-state index in [0.717, 1.165) is 22.2 Å². The summed E-state index contributed by atoms with van der Waals surface area (Å²) in [6, 6.07) is 12.0. The second kappa shape index (κ2) is 5.58. The number of nitrogens with zero attached hydrogens (tertiary/aromatic N) is 1. The molecule has 0 saturated heterocycles. The van der Waals surface area contributed by atoms with Crippen molar-refractivity contribution in [2.24, 2.45) is 0 Å². The summed E-state index contributed by atoms with van der Waals surface area (Å²) >= 11 is 0. The van der Waals surface area contributed by atoms with Crippen LogP contribution in [-0.4, -0.2) is 15.1 Å². The molecule has 0 aliphatic heterocycles. The first kappa shape index (κ1) is 13.6. The highest BCUT2D eigenvalue weighted by molar-refractivity contribution is 5.89. The van der Waals surface area contributed by atoms with Crippen LogP contribution in [0.5, 0.6) is 5.75 Å². The normalized spacial score (nSPS) is 14.2. The quantitative estimate of drug-likeness (QED) is 0.683. The summed E-state index contributed by atoms with van der Waals surface area (Å²) in [5.41, 5.74) is 0.895. The number of benzene rings is 2. The zero-order valence-electron chi connectivity index (χ0n) is 12.2. The first-order chi connectivity index (χ1) is 10.2. The molecule has 0 bridgehead atoms. The summed E-state index contributed by atoms with van der Waals surface area (Å²) in [6.45, 7) is 4.09. The first-order valence-electron chi connectivity index (χ1n) is 7.12. The summed E-state index contributed by atoms with van der Waals surface area (Å²) in [6.07, 6.45) is 3.55. The van der Waals surface area contributed by atoms with Crippen LogP contribution >= 0.6 is 0 Å². The number of rotatable bonds is 4. The second-order valence-electron chi connectivity index (χ2n) is 5.31. The molecule has 3 aromatic rings. The first-order valence-corrected chi connectivity index (χ1v) is 7.12. The van der Waals surface area contributed by atoms with Crippen LogP contribution in [0.3, 0.4) is 0 Å². The summed E-state index contributed by atoms with van der Waals surface area (Å²) < 4.78 is 0. The van der Waals surface area contributed by atoms with E-state index in [0.29, 0.717) is 5.75 Å². The van der Waals surface area contributed by atoms with Gasteiger partial charge in [-0.3, -0.25) is 0 Å². The van der Waals surface area contributed by atoms with Gasteiger partial charge in [0, 0.05) is 29.4 Å². The molecule has 0 aliphatic rings. The van der Waals surface area contributed by atoms with Crippen LogP contribution in [0.4, 0.5) is 0 Å². The second-order valence-corrected chi connectivity index (χ2v) is 5.31. The van der Waals surface area contributed by atoms with E-state index in [9.17, 15) is 5.11 Å². The number of phenolic OH excluding ortho intramolecular Hbond substituents is 1. The molecule has 4 nitrogen and oxygen atoms in total. The van der Waals surface area contributed by atoms with Crippen molar-refractivity contribution in [3.05, 3.63) is 60.2 Å². The number of aromatic hydroxyl groups is 1. The van der Waals surface area contributed by atoms with Crippen molar-refractivity contribution >= 4 is 10.8 Å². The topological polar surface area (TPSA) is 60.9 Å². The van der Waals surface area contributed by atoms with Crippen LogP contribution in [-0.2, 0) is 0 Å². The molecular formula is C17H19N3O. The van der Waals surface area contributed by atoms with Gasteiger partial charge in [-0.05, 0) is 19.2 Å². The van der Waals surface area contributed by atoms with E-state index in [1.807, 2.05) is 56.4 Å². The van der Waals surface area contributed by atoms with E-state index < -0.39 is 0 Å². The fourth-order valence-electron chi connectivity index (χ4n) is 2.68.